The molecule has 1 heterocycles. The van der Waals surface area contributed by atoms with Crippen LogP contribution in [-0.4, -0.2) is 29.5 Å². The van der Waals surface area contributed by atoms with Crippen LogP contribution in [0.2, 0.25) is 0 Å². The third kappa shape index (κ3) is 2.97. The van der Waals surface area contributed by atoms with E-state index in [-0.39, 0.29) is 24.4 Å². The van der Waals surface area contributed by atoms with Crippen LogP contribution in [0.4, 0.5) is 0 Å². The molecule has 0 spiro atoms. The molecule has 1 saturated heterocycles. The van der Waals surface area contributed by atoms with Gasteiger partial charge in [0.15, 0.2) is 0 Å². The number of benzene rings is 1. The van der Waals surface area contributed by atoms with Gasteiger partial charge in [-0.25, -0.2) is 0 Å². The molecule has 1 saturated carbocycles. The highest BCUT2D eigenvalue weighted by Crippen LogP contribution is 2.37. The predicted octanol–water partition coefficient (Wildman–Crippen LogP) is 3.00. The number of aliphatic hydroxyl groups is 1. The van der Waals surface area contributed by atoms with Crippen LogP contribution < -0.4 is 5.46 Å². The summed E-state index contributed by atoms with van der Waals surface area (Å²) < 4.78 is 12.2. The summed E-state index contributed by atoms with van der Waals surface area (Å²) in [5.74, 6) is 0.579. The van der Waals surface area contributed by atoms with E-state index in [0.29, 0.717) is 5.92 Å². The number of hydrogen-bond acceptors (Lipinski definition) is 3. The molecule has 0 radical (unpaired) electrons. The van der Waals surface area contributed by atoms with Gasteiger partial charge in [-0.1, -0.05) is 24.3 Å². The quantitative estimate of drug-likeness (QED) is 0.854. The molecule has 4 heteroatoms. The van der Waals surface area contributed by atoms with Gasteiger partial charge in [0.2, 0.25) is 0 Å². The molecule has 1 aromatic carbocycles. The standard InChI is InChI=1S/C18H27BO3/c1-17(2)18(3,4)22-19(21-17)15-9-5-13(6-10-15)14-7-11-16(20)12-8-14/h5-6,9-10,14,16,20H,7-8,11-12H2,1-4H3/t14-,16+. The smallest absolute Gasteiger partial charge is 0.399 e. The highest BCUT2D eigenvalue weighted by molar-refractivity contribution is 6.62. The second-order valence-corrected chi connectivity index (χ2v) is 7.76. The van der Waals surface area contributed by atoms with Gasteiger partial charge in [0.05, 0.1) is 17.3 Å². The molecule has 2 aliphatic rings. The molecule has 2 fully saturated rings. The van der Waals surface area contributed by atoms with Crippen molar-refractivity contribution in [1.29, 1.82) is 0 Å². The van der Waals surface area contributed by atoms with E-state index in [2.05, 4.69) is 52.0 Å². The van der Waals surface area contributed by atoms with E-state index in [1.165, 1.54) is 5.56 Å². The molecule has 0 bridgehead atoms. The van der Waals surface area contributed by atoms with Crippen LogP contribution in [0.25, 0.3) is 0 Å². The Labute approximate surface area is 134 Å². The van der Waals surface area contributed by atoms with E-state index in [9.17, 15) is 5.11 Å². The Kier molecular flexibility index (Phi) is 4.13. The molecule has 0 aromatic heterocycles. The summed E-state index contributed by atoms with van der Waals surface area (Å²) >= 11 is 0. The summed E-state index contributed by atoms with van der Waals surface area (Å²) in [7, 11) is -0.285. The van der Waals surface area contributed by atoms with Gasteiger partial charge in [-0.15, -0.1) is 0 Å². The van der Waals surface area contributed by atoms with Gasteiger partial charge in [0, 0.05) is 0 Å². The first kappa shape index (κ1) is 16.0. The largest absolute Gasteiger partial charge is 0.494 e. The lowest BCUT2D eigenvalue weighted by Crippen LogP contribution is -2.41. The molecule has 0 unspecified atom stereocenters. The summed E-state index contributed by atoms with van der Waals surface area (Å²) in [6.07, 6.45) is 3.90. The fourth-order valence-corrected chi connectivity index (χ4v) is 3.31. The minimum atomic E-state index is -0.296. The average Bonchev–Trinajstić information content (AvgIpc) is 2.68. The van der Waals surface area contributed by atoms with Crippen LogP contribution in [0.3, 0.4) is 0 Å². The van der Waals surface area contributed by atoms with E-state index in [1.807, 2.05) is 0 Å². The highest BCUT2D eigenvalue weighted by atomic mass is 16.7. The molecule has 0 amide bonds. The first-order valence-corrected chi connectivity index (χ1v) is 8.42. The van der Waals surface area contributed by atoms with Gasteiger partial charge in [-0.05, 0) is 70.3 Å². The van der Waals surface area contributed by atoms with Crippen molar-refractivity contribution in [3.05, 3.63) is 29.8 Å². The van der Waals surface area contributed by atoms with Crippen LogP contribution in [0.15, 0.2) is 24.3 Å². The van der Waals surface area contributed by atoms with Gasteiger partial charge < -0.3 is 14.4 Å². The summed E-state index contributed by atoms with van der Waals surface area (Å²) in [4.78, 5) is 0. The third-order valence-corrected chi connectivity index (χ3v) is 5.63. The normalized spacial score (nSPS) is 30.5. The van der Waals surface area contributed by atoms with Crippen LogP contribution >= 0.6 is 0 Å². The van der Waals surface area contributed by atoms with Crippen molar-refractivity contribution < 1.29 is 14.4 Å². The summed E-state index contributed by atoms with van der Waals surface area (Å²) in [6, 6.07) is 8.65. The zero-order valence-corrected chi connectivity index (χ0v) is 14.1. The molecule has 1 aliphatic carbocycles. The average molecular weight is 302 g/mol. The van der Waals surface area contributed by atoms with E-state index >= 15 is 0 Å². The predicted molar refractivity (Wildman–Crippen MR) is 89.4 cm³/mol. The number of aliphatic hydroxyl groups excluding tert-OH is 1. The van der Waals surface area contributed by atoms with E-state index in [1.54, 1.807) is 0 Å². The number of hydrogen-bond donors (Lipinski definition) is 1. The van der Waals surface area contributed by atoms with E-state index in [0.717, 1.165) is 31.1 Å². The maximum atomic E-state index is 9.63. The molecule has 22 heavy (non-hydrogen) atoms. The molecule has 3 rings (SSSR count). The Morgan fingerprint density at radius 2 is 1.41 bits per heavy atom. The van der Waals surface area contributed by atoms with Crippen LogP contribution in [0.5, 0.6) is 0 Å². The fraction of sp³-hybridized carbons (Fsp3) is 0.667. The van der Waals surface area contributed by atoms with Gasteiger partial charge >= 0.3 is 7.12 Å². The Morgan fingerprint density at radius 1 is 0.909 bits per heavy atom. The summed E-state index contributed by atoms with van der Waals surface area (Å²) in [5, 5.41) is 9.63. The van der Waals surface area contributed by atoms with Crippen molar-refractivity contribution in [1.82, 2.24) is 0 Å². The van der Waals surface area contributed by atoms with Crippen LogP contribution in [0.1, 0.15) is 64.9 Å². The van der Waals surface area contributed by atoms with Crippen molar-refractivity contribution in [2.24, 2.45) is 0 Å². The Bertz CT molecular complexity index is 500. The monoisotopic (exact) mass is 302 g/mol. The lowest BCUT2D eigenvalue weighted by atomic mass is 9.77. The molecule has 120 valence electrons. The van der Waals surface area contributed by atoms with Crippen LogP contribution in [0, 0.1) is 0 Å². The van der Waals surface area contributed by atoms with Crippen molar-refractivity contribution in [3.8, 4) is 0 Å². The lowest BCUT2D eigenvalue weighted by Gasteiger charge is -2.32. The molecule has 1 aromatic rings. The van der Waals surface area contributed by atoms with Crippen molar-refractivity contribution in [3.63, 3.8) is 0 Å². The molecular weight excluding hydrogens is 275 g/mol. The first-order chi connectivity index (χ1) is 10.3. The Hall–Kier alpha value is -0.835. The first-order valence-electron chi connectivity index (χ1n) is 8.42. The third-order valence-electron chi connectivity index (χ3n) is 5.63. The second kappa shape index (κ2) is 5.66. The topological polar surface area (TPSA) is 38.7 Å². The lowest BCUT2D eigenvalue weighted by molar-refractivity contribution is 0.00578. The minimum Gasteiger partial charge on any atom is -0.399 e. The maximum Gasteiger partial charge on any atom is 0.494 e. The van der Waals surface area contributed by atoms with Crippen molar-refractivity contribution in [2.45, 2.75) is 76.6 Å². The molecule has 0 atom stereocenters. The fourth-order valence-electron chi connectivity index (χ4n) is 3.31. The van der Waals surface area contributed by atoms with Crippen molar-refractivity contribution >= 4 is 12.6 Å². The van der Waals surface area contributed by atoms with Gasteiger partial charge in [-0.3, -0.25) is 0 Å². The van der Waals surface area contributed by atoms with E-state index < -0.39 is 0 Å². The molecule has 3 nitrogen and oxygen atoms in total. The zero-order valence-electron chi connectivity index (χ0n) is 14.1. The molecule has 1 N–H and O–H groups in total. The Balaban J connectivity index is 1.70. The second-order valence-electron chi connectivity index (χ2n) is 7.76. The zero-order chi connectivity index (χ0) is 16.0. The highest BCUT2D eigenvalue weighted by Gasteiger charge is 2.51. The van der Waals surface area contributed by atoms with Gasteiger partial charge in [-0.2, -0.15) is 0 Å². The SMILES string of the molecule is CC1(C)OB(c2ccc([C@H]3CC[C@@H](O)CC3)cc2)OC1(C)C. The van der Waals surface area contributed by atoms with Gasteiger partial charge in [0.25, 0.3) is 0 Å². The molecule has 1 aliphatic heterocycles. The minimum absolute atomic E-state index is 0.0970. The van der Waals surface area contributed by atoms with Crippen LogP contribution in [-0.2, 0) is 9.31 Å². The van der Waals surface area contributed by atoms with Crippen molar-refractivity contribution in [2.75, 3.05) is 0 Å². The van der Waals surface area contributed by atoms with E-state index in [4.69, 9.17) is 9.31 Å². The van der Waals surface area contributed by atoms with Gasteiger partial charge in [0.1, 0.15) is 0 Å². The molecular formula is C18H27BO3. The Morgan fingerprint density at radius 3 is 1.91 bits per heavy atom. The summed E-state index contributed by atoms with van der Waals surface area (Å²) in [6.45, 7) is 8.31. The number of rotatable bonds is 2. The summed E-state index contributed by atoms with van der Waals surface area (Å²) in [5.41, 5.74) is 1.86. The maximum absolute atomic E-state index is 9.63.